The van der Waals surface area contributed by atoms with Crippen LogP contribution < -0.4 is 5.32 Å². The highest BCUT2D eigenvalue weighted by atomic mass is 15.1. The van der Waals surface area contributed by atoms with Crippen LogP contribution in [-0.4, -0.2) is 24.5 Å². The van der Waals surface area contributed by atoms with Gasteiger partial charge in [-0.2, -0.15) is 0 Å². The summed E-state index contributed by atoms with van der Waals surface area (Å²) in [5.41, 5.74) is 4.55. The van der Waals surface area contributed by atoms with Gasteiger partial charge in [0.1, 0.15) is 0 Å². The molecule has 1 saturated carbocycles. The van der Waals surface area contributed by atoms with Crippen molar-refractivity contribution in [2.45, 2.75) is 39.3 Å². The van der Waals surface area contributed by atoms with Gasteiger partial charge in [-0.1, -0.05) is 25.1 Å². The van der Waals surface area contributed by atoms with Gasteiger partial charge in [0.25, 0.3) is 0 Å². The smallest absolute Gasteiger partial charge is 0.0233 e. The van der Waals surface area contributed by atoms with Crippen LogP contribution in [0.5, 0.6) is 0 Å². The van der Waals surface area contributed by atoms with E-state index in [-0.39, 0.29) is 0 Å². The molecule has 2 aliphatic rings. The summed E-state index contributed by atoms with van der Waals surface area (Å²) in [6.45, 7) is 8.06. The molecule has 1 aromatic rings. The van der Waals surface area contributed by atoms with Crippen LogP contribution in [0.15, 0.2) is 18.2 Å². The lowest BCUT2D eigenvalue weighted by Gasteiger charge is -2.22. The molecule has 18 heavy (non-hydrogen) atoms. The molecule has 0 unspecified atom stereocenters. The van der Waals surface area contributed by atoms with Gasteiger partial charge in [-0.05, 0) is 55.0 Å². The first-order valence-corrected chi connectivity index (χ1v) is 7.39. The number of hydrogen-bond donors (Lipinski definition) is 1. The second-order valence-corrected chi connectivity index (χ2v) is 5.80. The summed E-state index contributed by atoms with van der Waals surface area (Å²) in [7, 11) is 0. The number of nitrogens with one attached hydrogen (secondary N) is 1. The number of benzene rings is 1. The molecule has 2 heteroatoms. The van der Waals surface area contributed by atoms with Crippen molar-refractivity contribution in [1.82, 2.24) is 10.2 Å². The maximum absolute atomic E-state index is 3.46. The van der Waals surface area contributed by atoms with Crippen LogP contribution in [0.3, 0.4) is 0 Å². The molecule has 0 atom stereocenters. The molecule has 0 aromatic heterocycles. The third-order valence-corrected chi connectivity index (χ3v) is 4.22. The lowest BCUT2D eigenvalue weighted by Crippen LogP contribution is -2.26. The fraction of sp³-hybridized carbons (Fsp3) is 0.625. The normalized spacial score (nSPS) is 19.0. The van der Waals surface area contributed by atoms with Gasteiger partial charge in [-0.3, -0.25) is 4.90 Å². The molecular weight excluding hydrogens is 220 g/mol. The highest BCUT2D eigenvalue weighted by molar-refractivity contribution is 5.33. The molecule has 0 saturated heterocycles. The summed E-state index contributed by atoms with van der Waals surface area (Å²) in [6.07, 6.45) is 4.09. The first-order chi connectivity index (χ1) is 8.85. The van der Waals surface area contributed by atoms with Crippen LogP contribution in [0, 0.1) is 5.92 Å². The van der Waals surface area contributed by atoms with Crippen molar-refractivity contribution in [3.8, 4) is 0 Å². The van der Waals surface area contributed by atoms with E-state index in [1.54, 1.807) is 5.56 Å². The van der Waals surface area contributed by atoms with Crippen molar-refractivity contribution in [2.75, 3.05) is 19.6 Å². The second-order valence-electron chi connectivity index (χ2n) is 5.80. The summed E-state index contributed by atoms with van der Waals surface area (Å²) in [5, 5.41) is 3.46. The van der Waals surface area contributed by atoms with Gasteiger partial charge >= 0.3 is 0 Å². The minimum atomic E-state index is 0.990. The fourth-order valence-corrected chi connectivity index (χ4v) is 2.86. The highest BCUT2D eigenvalue weighted by Crippen LogP contribution is 2.30. The molecule has 98 valence electrons. The zero-order valence-corrected chi connectivity index (χ0v) is 11.4. The van der Waals surface area contributed by atoms with Crippen molar-refractivity contribution < 1.29 is 0 Å². The summed E-state index contributed by atoms with van der Waals surface area (Å²) in [6, 6.07) is 7.09. The van der Waals surface area contributed by atoms with Crippen LogP contribution >= 0.6 is 0 Å². The van der Waals surface area contributed by atoms with Gasteiger partial charge in [0.15, 0.2) is 0 Å². The van der Waals surface area contributed by atoms with E-state index in [1.807, 2.05) is 0 Å². The Morgan fingerprint density at radius 3 is 2.94 bits per heavy atom. The van der Waals surface area contributed by atoms with Crippen LogP contribution in [0.4, 0.5) is 0 Å². The van der Waals surface area contributed by atoms with E-state index in [1.165, 1.54) is 43.5 Å². The zero-order valence-electron chi connectivity index (χ0n) is 11.4. The molecule has 1 aliphatic carbocycles. The van der Waals surface area contributed by atoms with Gasteiger partial charge in [-0.15, -0.1) is 0 Å². The lowest BCUT2D eigenvalue weighted by atomic mass is 9.98. The largest absolute Gasteiger partial charge is 0.312 e. The molecule has 1 fully saturated rings. The topological polar surface area (TPSA) is 15.3 Å². The Kier molecular flexibility index (Phi) is 3.67. The van der Waals surface area contributed by atoms with Gasteiger partial charge in [0.05, 0.1) is 0 Å². The number of hydrogen-bond acceptors (Lipinski definition) is 2. The van der Waals surface area contributed by atoms with Crippen molar-refractivity contribution in [3.63, 3.8) is 0 Å². The predicted molar refractivity (Wildman–Crippen MR) is 75.5 cm³/mol. The summed E-state index contributed by atoms with van der Waals surface area (Å²) >= 11 is 0. The molecule has 1 aromatic carbocycles. The van der Waals surface area contributed by atoms with Crippen LogP contribution in [0.25, 0.3) is 0 Å². The Hall–Kier alpha value is -0.860. The Morgan fingerprint density at radius 2 is 2.17 bits per heavy atom. The van der Waals surface area contributed by atoms with Crippen LogP contribution in [-0.2, 0) is 19.5 Å². The van der Waals surface area contributed by atoms with E-state index < -0.39 is 0 Å². The number of rotatable bonds is 5. The number of nitrogens with zero attached hydrogens (tertiary/aromatic N) is 1. The average Bonchev–Trinajstić information content (AvgIpc) is 3.22. The Bertz CT molecular complexity index is 410. The van der Waals surface area contributed by atoms with Crippen LogP contribution in [0.1, 0.15) is 36.5 Å². The van der Waals surface area contributed by atoms with E-state index in [2.05, 4.69) is 35.3 Å². The molecule has 2 nitrogen and oxygen atoms in total. The highest BCUT2D eigenvalue weighted by Gasteiger charge is 2.23. The van der Waals surface area contributed by atoms with Gasteiger partial charge in [0.2, 0.25) is 0 Å². The summed E-state index contributed by atoms with van der Waals surface area (Å²) in [4.78, 5) is 2.59. The molecule has 0 amide bonds. The number of fused-ring (bicyclic) bond motifs is 1. The van der Waals surface area contributed by atoms with E-state index in [4.69, 9.17) is 0 Å². The van der Waals surface area contributed by atoms with E-state index in [0.29, 0.717) is 0 Å². The van der Waals surface area contributed by atoms with Crippen molar-refractivity contribution in [1.29, 1.82) is 0 Å². The SMILES string of the molecule is CCN(Cc1ccc2c(c1)CNCC2)CC1CC1. The average molecular weight is 244 g/mol. The third-order valence-electron chi connectivity index (χ3n) is 4.22. The molecule has 3 rings (SSSR count). The predicted octanol–water partition coefficient (Wildman–Crippen LogP) is 2.56. The van der Waals surface area contributed by atoms with Gasteiger partial charge in [0, 0.05) is 19.6 Å². The maximum atomic E-state index is 3.46. The first kappa shape index (κ1) is 12.2. The Balaban J connectivity index is 1.67. The molecule has 0 radical (unpaired) electrons. The quantitative estimate of drug-likeness (QED) is 0.856. The van der Waals surface area contributed by atoms with Crippen LogP contribution in [0.2, 0.25) is 0 Å². The van der Waals surface area contributed by atoms with Crippen molar-refractivity contribution >= 4 is 0 Å². The second kappa shape index (κ2) is 5.41. The maximum Gasteiger partial charge on any atom is 0.0233 e. The Morgan fingerprint density at radius 1 is 1.28 bits per heavy atom. The van der Waals surface area contributed by atoms with Gasteiger partial charge < -0.3 is 5.32 Å². The summed E-state index contributed by atoms with van der Waals surface area (Å²) in [5.74, 6) is 0.990. The molecular formula is C16H24N2. The molecule has 0 spiro atoms. The van der Waals surface area contributed by atoms with Crippen molar-refractivity contribution in [2.24, 2.45) is 5.92 Å². The van der Waals surface area contributed by atoms with Gasteiger partial charge in [-0.25, -0.2) is 0 Å². The molecule has 1 N–H and O–H groups in total. The zero-order chi connectivity index (χ0) is 12.4. The van der Waals surface area contributed by atoms with Crippen molar-refractivity contribution in [3.05, 3.63) is 34.9 Å². The first-order valence-electron chi connectivity index (χ1n) is 7.39. The third kappa shape index (κ3) is 2.93. The fourth-order valence-electron chi connectivity index (χ4n) is 2.86. The lowest BCUT2D eigenvalue weighted by molar-refractivity contribution is 0.268. The Labute approximate surface area is 110 Å². The van der Waals surface area contributed by atoms with E-state index in [0.717, 1.165) is 25.6 Å². The van der Waals surface area contributed by atoms with E-state index >= 15 is 0 Å². The minimum Gasteiger partial charge on any atom is -0.312 e. The minimum absolute atomic E-state index is 0.990. The molecule has 1 aliphatic heterocycles. The molecule has 0 bridgehead atoms. The monoisotopic (exact) mass is 244 g/mol. The standard InChI is InChI=1S/C16H24N2/c1-2-18(11-13-3-4-13)12-14-5-6-15-7-8-17-10-16(15)9-14/h5-6,9,13,17H,2-4,7-8,10-12H2,1H3. The summed E-state index contributed by atoms with van der Waals surface area (Å²) < 4.78 is 0. The molecule has 1 heterocycles. The van der Waals surface area contributed by atoms with E-state index in [9.17, 15) is 0 Å².